The van der Waals surface area contributed by atoms with E-state index in [4.69, 9.17) is 4.52 Å². The Morgan fingerprint density at radius 2 is 2.30 bits per heavy atom. The van der Waals surface area contributed by atoms with Crippen molar-refractivity contribution in [2.24, 2.45) is 0 Å². The molecule has 1 aliphatic rings. The quantitative estimate of drug-likeness (QED) is 0.848. The van der Waals surface area contributed by atoms with Gasteiger partial charge < -0.3 is 9.42 Å². The maximum absolute atomic E-state index is 12.4. The van der Waals surface area contributed by atoms with Crippen LogP contribution in [-0.2, 0) is 0 Å². The smallest absolute Gasteiger partial charge is 0.276 e. The SMILES string of the molecule is Cc1cc(C(=O)N2CCC[C@H](c3nnc(C)s3)C2)no1. The van der Waals surface area contributed by atoms with Gasteiger partial charge in [0.05, 0.1) is 0 Å². The van der Waals surface area contributed by atoms with Crippen molar-refractivity contribution in [3.05, 3.63) is 27.5 Å². The minimum atomic E-state index is -0.0622. The molecule has 0 spiro atoms. The molecular formula is C13H16N4O2S. The standard InChI is InChI=1S/C13H16N4O2S/c1-8-6-11(16-19-8)13(18)17-5-3-4-10(7-17)12-15-14-9(2)20-12/h6,10H,3-5,7H2,1-2H3/t10-/m0/s1. The van der Waals surface area contributed by atoms with Crippen LogP contribution in [0.25, 0.3) is 0 Å². The van der Waals surface area contributed by atoms with E-state index in [-0.39, 0.29) is 11.8 Å². The molecule has 20 heavy (non-hydrogen) atoms. The molecule has 0 bridgehead atoms. The van der Waals surface area contributed by atoms with E-state index in [0.717, 1.165) is 29.4 Å². The van der Waals surface area contributed by atoms with E-state index in [1.165, 1.54) is 0 Å². The molecule has 0 aliphatic carbocycles. The average Bonchev–Trinajstić information content (AvgIpc) is 3.07. The lowest BCUT2D eigenvalue weighted by molar-refractivity contribution is 0.0696. The number of aryl methyl sites for hydroxylation is 2. The largest absolute Gasteiger partial charge is 0.361 e. The normalized spacial score (nSPS) is 19.3. The van der Waals surface area contributed by atoms with Gasteiger partial charge in [0.15, 0.2) is 5.69 Å². The van der Waals surface area contributed by atoms with Crippen molar-refractivity contribution in [3.63, 3.8) is 0 Å². The van der Waals surface area contributed by atoms with E-state index < -0.39 is 0 Å². The minimum Gasteiger partial charge on any atom is -0.361 e. The van der Waals surface area contributed by atoms with Crippen molar-refractivity contribution < 1.29 is 9.32 Å². The number of hydrogen-bond donors (Lipinski definition) is 0. The van der Waals surface area contributed by atoms with Gasteiger partial charge in [-0.2, -0.15) is 0 Å². The van der Waals surface area contributed by atoms with E-state index >= 15 is 0 Å². The second-order valence-electron chi connectivity index (χ2n) is 5.07. The van der Waals surface area contributed by atoms with Gasteiger partial charge in [0.2, 0.25) is 0 Å². The number of carbonyl (C=O) groups is 1. The van der Waals surface area contributed by atoms with Gasteiger partial charge in [-0.1, -0.05) is 5.16 Å². The fraction of sp³-hybridized carbons (Fsp3) is 0.538. The number of amides is 1. The van der Waals surface area contributed by atoms with Gasteiger partial charge in [-0.25, -0.2) is 0 Å². The molecular weight excluding hydrogens is 276 g/mol. The zero-order chi connectivity index (χ0) is 14.1. The minimum absolute atomic E-state index is 0.0622. The number of likely N-dealkylation sites (tertiary alicyclic amines) is 1. The molecule has 1 amide bonds. The lowest BCUT2D eigenvalue weighted by Gasteiger charge is -2.30. The summed E-state index contributed by atoms with van der Waals surface area (Å²) < 4.78 is 4.97. The molecule has 3 rings (SSSR count). The van der Waals surface area contributed by atoms with E-state index in [1.807, 2.05) is 11.8 Å². The van der Waals surface area contributed by atoms with Crippen LogP contribution in [0, 0.1) is 13.8 Å². The molecule has 1 atom stereocenters. The fourth-order valence-corrected chi connectivity index (χ4v) is 3.29. The number of hydrogen-bond acceptors (Lipinski definition) is 6. The molecule has 0 saturated carbocycles. The van der Waals surface area contributed by atoms with Crippen molar-refractivity contribution in [3.8, 4) is 0 Å². The van der Waals surface area contributed by atoms with Crippen LogP contribution in [-0.4, -0.2) is 39.3 Å². The van der Waals surface area contributed by atoms with Crippen LogP contribution in [0.3, 0.4) is 0 Å². The molecule has 0 radical (unpaired) electrons. The van der Waals surface area contributed by atoms with Crippen LogP contribution in [0.4, 0.5) is 0 Å². The molecule has 2 aromatic heterocycles. The van der Waals surface area contributed by atoms with Gasteiger partial charge in [0.1, 0.15) is 15.8 Å². The van der Waals surface area contributed by atoms with Crippen molar-refractivity contribution in [2.45, 2.75) is 32.6 Å². The van der Waals surface area contributed by atoms with Crippen molar-refractivity contribution in [2.75, 3.05) is 13.1 Å². The van der Waals surface area contributed by atoms with Gasteiger partial charge in [-0.15, -0.1) is 21.5 Å². The first-order valence-corrected chi connectivity index (χ1v) is 7.47. The summed E-state index contributed by atoms with van der Waals surface area (Å²) >= 11 is 1.61. The topological polar surface area (TPSA) is 72.1 Å². The Balaban J connectivity index is 1.73. The summed E-state index contributed by atoms with van der Waals surface area (Å²) in [5.41, 5.74) is 0.386. The third kappa shape index (κ3) is 2.58. The van der Waals surface area contributed by atoms with Gasteiger partial charge in [-0.05, 0) is 26.7 Å². The second-order valence-corrected chi connectivity index (χ2v) is 6.29. The fourth-order valence-electron chi connectivity index (χ4n) is 2.47. The molecule has 0 N–H and O–H groups in total. The summed E-state index contributed by atoms with van der Waals surface area (Å²) in [5, 5.41) is 14.1. The lowest BCUT2D eigenvalue weighted by atomic mass is 9.98. The van der Waals surface area contributed by atoms with Crippen LogP contribution in [0.15, 0.2) is 10.6 Å². The molecule has 1 fully saturated rings. The van der Waals surface area contributed by atoms with Gasteiger partial charge >= 0.3 is 0 Å². The van der Waals surface area contributed by atoms with Crippen LogP contribution < -0.4 is 0 Å². The zero-order valence-electron chi connectivity index (χ0n) is 11.5. The molecule has 1 aliphatic heterocycles. The average molecular weight is 292 g/mol. The van der Waals surface area contributed by atoms with Crippen LogP contribution in [0.2, 0.25) is 0 Å². The Hall–Kier alpha value is -1.76. The van der Waals surface area contributed by atoms with Crippen LogP contribution in [0.5, 0.6) is 0 Å². The molecule has 2 aromatic rings. The molecule has 6 nitrogen and oxygen atoms in total. The van der Waals surface area contributed by atoms with Gasteiger partial charge in [-0.3, -0.25) is 4.79 Å². The van der Waals surface area contributed by atoms with Gasteiger partial charge in [0, 0.05) is 25.1 Å². The summed E-state index contributed by atoms with van der Waals surface area (Å²) in [7, 11) is 0. The van der Waals surface area contributed by atoms with E-state index in [0.29, 0.717) is 18.0 Å². The Morgan fingerprint density at radius 1 is 1.45 bits per heavy atom. The number of piperidine rings is 1. The summed E-state index contributed by atoms with van der Waals surface area (Å²) in [6, 6.07) is 1.68. The zero-order valence-corrected chi connectivity index (χ0v) is 12.3. The number of carbonyl (C=O) groups excluding carboxylic acids is 1. The molecule has 0 unspecified atom stereocenters. The van der Waals surface area contributed by atoms with Gasteiger partial charge in [0.25, 0.3) is 5.91 Å². The third-order valence-corrected chi connectivity index (χ3v) is 4.45. The highest BCUT2D eigenvalue weighted by Crippen LogP contribution is 2.29. The predicted octanol–water partition coefficient (Wildman–Crippen LogP) is 2.16. The Morgan fingerprint density at radius 3 is 2.95 bits per heavy atom. The Bertz CT molecular complexity index is 621. The second kappa shape index (κ2) is 5.32. The molecule has 7 heteroatoms. The van der Waals surface area contributed by atoms with Crippen LogP contribution in [0.1, 0.15) is 45.0 Å². The molecule has 1 saturated heterocycles. The number of rotatable bonds is 2. The van der Waals surface area contributed by atoms with Crippen molar-refractivity contribution in [1.29, 1.82) is 0 Å². The van der Waals surface area contributed by atoms with Crippen LogP contribution >= 0.6 is 11.3 Å². The molecule has 106 valence electrons. The Labute approximate surface area is 120 Å². The van der Waals surface area contributed by atoms with Crippen molar-refractivity contribution >= 4 is 17.2 Å². The summed E-state index contributed by atoms with van der Waals surface area (Å²) in [6.07, 6.45) is 2.03. The maximum Gasteiger partial charge on any atom is 0.276 e. The van der Waals surface area contributed by atoms with E-state index in [9.17, 15) is 4.79 Å². The first kappa shape index (κ1) is 13.2. The summed E-state index contributed by atoms with van der Waals surface area (Å²) in [6.45, 7) is 5.18. The lowest BCUT2D eigenvalue weighted by Crippen LogP contribution is -2.39. The van der Waals surface area contributed by atoms with E-state index in [1.54, 1.807) is 24.3 Å². The third-order valence-electron chi connectivity index (χ3n) is 3.45. The summed E-state index contributed by atoms with van der Waals surface area (Å²) in [5.74, 6) is 0.876. The Kier molecular flexibility index (Phi) is 3.52. The first-order chi connectivity index (χ1) is 9.63. The first-order valence-electron chi connectivity index (χ1n) is 6.66. The molecule has 3 heterocycles. The molecule has 0 aromatic carbocycles. The van der Waals surface area contributed by atoms with Crippen molar-refractivity contribution in [1.82, 2.24) is 20.3 Å². The maximum atomic E-state index is 12.4. The predicted molar refractivity (Wildman–Crippen MR) is 73.8 cm³/mol. The highest BCUT2D eigenvalue weighted by atomic mass is 32.1. The number of aromatic nitrogens is 3. The number of nitrogens with zero attached hydrogens (tertiary/aromatic N) is 4. The highest BCUT2D eigenvalue weighted by Gasteiger charge is 2.28. The highest BCUT2D eigenvalue weighted by molar-refractivity contribution is 7.11. The monoisotopic (exact) mass is 292 g/mol. The summed E-state index contributed by atoms with van der Waals surface area (Å²) in [4.78, 5) is 14.2. The van der Waals surface area contributed by atoms with E-state index in [2.05, 4.69) is 15.4 Å².